The Balaban J connectivity index is 0.000000809. The smallest absolute Gasteiger partial charge is 0.302 e. The second-order valence-electron chi connectivity index (χ2n) is 18.1. The van der Waals surface area contributed by atoms with Crippen LogP contribution < -0.4 is 10.2 Å². The van der Waals surface area contributed by atoms with Crippen LogP contribution in [0.3, 0.4) is 0 Å². The van der Waals surface area contributed by atoms with Gasteiger partial charge in [-0.25, -0.2) is 13.2 Å². The number of nitrogens with one attached hydrogen (secondary N) is 1. The van der Waals surface area contributed by atoms with E-state index in [4.69, 9.17) is 14.6 Å². The van der Waals surface area contributed by atoms with Crippen LogP contribution in [0.2, 0.25) is 0 Å². The van der Waals surface area contributed by atoms with Gasteiger partial charge in [-0.15, -0.1) is 0 Å². The number of esters is 1. The third-order valence-electron chi connectivity index (χ3n) is 11.6. The van der Waals surface area contributed by atoms with E-state index in [1.54, 1.807) is 13.8 Å². The number of anilines is 1. The number of aliphatic hydroxyl groups is 1. The highest BCUT2D eigenvalue weighted by Crippen LogP contribution is 2.52. The Kier molecular flexibility index (Phi) is 18.2. The molecule has 2 saturated heterocycles. The van der Waals surface area contributed by atoms with Gasteiger partial charge >= 0.3 is 5.97 Å². The lowest BCUT2D eigenvalue weighted by atomic mass is 9.71. The van der Waals surface area contributed by atoms with Crippen molar-refractivity contribution in [2.75, 3.05) is 18.1 Å². The molecule has 2 aromatic carbocycles. The van der Waals surface area contributed by atoms with E-state index >= 15 is 0 Å². The fourth-order valence-corrected chi connectivity index (χ4v) is 6.30. The third-order valence-corrected chi connectivity index (χ3v) is 11.6. The summed E-state index contributed by atoms with van der Waals surface area (Å²) in [6.07, 6.45) is 0. The molecule has 0 bridgehead atoms. The van der Waals surface area contributed by atoms with Crippen LogP contribution in [0.5, 0.6) is 0 Å². The molecule has 16 heteroatoms. The molecule has 0 unspecified atom stereocenters. The first-order valence-corrected chi connectivity index (χ1v) is 19.1. The number of hydrogen-bond donors (Lipinski definition) is 2. The number of halogens is 3. The molecule has 0 amide bonds. The number of morpholine rings is 2. The van der Waals surface area contributed by atoms with E-state index in [2.05, 4.69) is 65.4 Å². The van der Waals surface area contributed by atoms with E-state index in [0.29, 0.717) is 24.4 Å². The minimum absolute atomic E-state index is 0.00792. The summed E-state index contributed by atoms with van der Waals surface area (Å²) in [6.45, 7) is 38.9. The van der Waals surface area contributed by atoms with E-state index < -0.39 is 55.3 Å². The molecule has 13 nitrogen and oxygen atoms in total. The van der Waals surface area contributed by atoms with Gasteiger partial charge in [-0.1, -0.05) is 0 Å². The Morgan fingerprint density at radius 3 is 1.29 bits per heavy atom. The van der Waals surface area contributed by atoms with Crippen molar-refractivity contribution in [2.24, 2.45) is 0 Å². The molecule has 2 N–H and O–H groups in total. The monoisotopic (exact) mass is 831 g/mol. The first kappa shape index (κ1) is 54.1. The van der Waals surface area contributed by atoms with Crippen molar-refractivity contribution < 1.29 is 47.1 Å². The number of carbonyl (C=O) groups excluding carboxylic acids is 1. The summed E-state index contributed by atoms with van der Waals surface area (Å²) in [6, 6.07) is 5.98. The summed E-state index contributed by atoms with van der Waals surface area (Å²) in [5.74, 6) is -3.11. The predicted molar refractivity (Wildman–Crippen MR) is 222 cm³/mol. The molecule has 58 heavy (non-hydrogen) atoms. The molecule has 2 heterocycles. The maximum absolute atomic E-state index is 14.8. The number of ether oxygens (including phenoxy) is 3. The molecule has 0 radical (unpaired) electrons. The molecule has 0 aromatic heterocycles. The van der Waals surface area contributed by atoms with Crippen molar-refractivity contribution in [3.63, 3.8) is 0 Å². The molecule has 0 atom stereocenters. The molecule has 332 valence electrons. The number of aliphatic hydroxyl groups excluding tert-OH is 1. The summed E-state index contributed by atoms with van der Waals surface area (Å²) in [7, 11) is 0. The molecular weight excluding hydrogens is 761 g/mol. The minimum Gasteiger partial charge on any atom is -0.466 e. The minimum atomic E-state index is -1.21. The summed E-state index contributed by atoms with van der Waals surface area (Å²) >= 11 is 0. The molecule has 0 aliphatic carbocycles. The van der Waals surface area contributed by atoms with Gasteiger partial charge in [0, 0.05) is 36.7 Å². The standard InChI is InChI=1S/C18H27FN2O3.C12H25NO.C6H3F2NO2.C4H8O2.C2H6O/c1-15(2)17(5,6)24-18(7,8)16(3,4)20(15)14-10-9-12(21(22)23)11-13(14)19;1-9(2)11(5,6)14-12(7,8)10(3,4)13-9;7-5-2-1-4(9(10)11)3-6(5)8;1-3-6-4(2)5;1-2-3/h9-11H,1-8H3;13H,1-8H3;1-3H;3H2,1-2H3;3H,2H2,1H3. The number of nitrogens with zero attached hydrogens (tertiary/aromatic N) is 3. The number of carbonyl (C=O) groups is 1. The lowest BCUT2D eigenvalue weighted by Gasteiger charge is -2.67. The number of rotatable bonds is 4. The van der Waals surface area contributed by atoms with Gasteiger partial charge in [0.25, 0.3) is 11.4 Å². The van der Waals surface area contributed by atoms with Crippen LogP contribution >= 0.6 is 0 Å². The summed E-state index contributed by atoms with van der Waals surface area (Å²) in [5.41, 5.74) is -2.86. The Morgan fingerprint density at radius 2 is 1.02 bits per heavy atom. The molecule has 2 aliphatic heterocycles. The zero-order valence-corrected chi connectivity index (χ0v) is 38.1. The maximum atomic E-state index is 14.8. The normalized spacial score (nSPS) is 20.6. The highest BCUT2D eigenvalue weighted by Gasteiger charge is 2.61. The average Bonchev–Trinajstić information content (AvgIpc) is 3.01. The van der Waals surface area contributed by atoms with Crippen molar-refractivity contribution >= 4 is 23.0 Å². The summed E-state index contributed by atoms with van der Waals surface area (Å²) in [5, 5.41) is 32.1. The van der Waals surface area contributed by atoms with Crippen LogP contribution in [0.1, 0.15) is 132 Å². The van der Waals surface area contributed by atoms with E-state index in [-0.39, 0.29) is 40.5 Å². The highest BCUT2D eigenvalue weighted by molar-refractivity contribution is 5.65. The zero-order valence-electron chi connectivity index (χ0n) is 38.1. The van der Waals surface area contributed by atoms with Crippen molar-refractivity contribution in [2.45, 2.75) is 176 Å². The second-order valence-corrected chi connectivity index (χ2v) is 18.1. The predicted octanol–water partition coefficient (Wildman–Crippen LogP) is 9.85. The van der Waals surface area contributed by atoms with Crippen molar-refractivity contribution in [1.82, 2.24) is 5.32 Å². The number of nitro benzene ring substituents is 2. The van der Waals surface area contributed by atoms with Crippen LogP contribution in [-0.2, 0) is 19.0 Å². The number of hydrogen-bond acceptors (Lipinski definition) is 11. The van der Waals surface area contributed by atoms with Gasteiger partial charge in [0.1, 0.15) is 0 Å². The van der Waals surface area contributed by atoms with Crippen molar-refractivity contribution in [3.05, 3.63) is 74.1 Å². The number of non-ortho nitro benzene ring substituents is 2. The largest absolute Gasteiger partial charge is 0.466 e. The average molecular weight is 831 g/mol. The topological polar surface area (TPSA) is 167 Å². The van der Waals surface area contributed by atoms with Crippen LogP contribution in [0.25, 0.3) is 0 Å². The molecule has 2 aliphatic rings. The third kappa shape index (κ3) is 12.8. The van der Waals surface area contributed by atoms with Crippen LogP contribution in [-0.4, -0.2) is 78.7 Å². The Bertz CT molecular complexity index is 1650. The SMILES string of the molecule is CC1(C)NC(C)(C)C(C)(C)OC1(C)C.CC1(C)OC(C)(C)C(C)(C)N(c2ccc([N+](=O)[O-])cc2F)C1(C)C.CCO.CCOC(C)=O.O=[N+]([O-])c1ccc(F)c(F)c1. The lowest BCUT2D eigenvalue weighted by Crippen LogP contribution is -2.78. The first-order chi connectivity index (χ1) is 25.9. The van der Waals surface area contributed by atoms with Crippen molar-refractivity contribution in [1.29, 1.82) is 0 Å². The molecule has 4 rings (SSSR count). The van der Waals surface area contributed by atoms with E-state index in [1.807, 2.05) is 60.3 Å². The number of benzene rings is 2. The van der Waals surface area contributed by atoms with Gasteiger partial charge in [-0.2, -0.15) is 0 Å². The fourth-order valence-electron chi connectivity index (χ4n) is 6.30. The highest BCUT2D eigenvalue weighted by atomic mass is 19.2. The molecule has 2 aromatic rings. The Morgan fingerprint density at radius 1 is 0.672 bits per heavy atom. The van der Waals surface area contributed by atoms with Crippen molar-refractivity contribution in [3.8, 4) is 0 Å². The van der Waals surface area contributed by atoms with Gasteiger partial charge in [-0.3, -0.25) is 25.0 Å². The molecule has 0 saturated carbocycles. The maximum Gasteiger partial charge on any atom is 0.302 e. The van der Waals surface area contributed by atoms with E-state index in [9.17, 15) is 38.2 Å². The molecule has 2 fully saturated rings. The second kappa shape index (κ2) is 19.5. The quantitative estimate of drug-likeness (QED) is 0.171. The molecule has 0 spiro atoms. The van der Waals surface area contributed by atoms with E-state index in [1.165, 1.54) is 19.1 Å². The first-order valence-electron chi connectivity index (χ1n) is 19.1. The van der Waals surface area contributed by atoms with Gasteiger partial charge < -0.3 is 29.5 Å². The van der Waals surface area contributed by atoms with Gasteiger partial charge in [-0.05, 0) is 137 Å². The Hall–Kier alpha value is -3.86. The summed E-state index contributed by atoms with van der Waals surface area (Å²) < 4.78 is 56.2. The van der Waals surface area contributed by atoms with Crippen LogP contribution in [0.4, 0.5) is 30.2 Å². The summed E-state index contributed by atoms with van der Waals surface area (Å²) in [4.78, 5) is 31.3. The zero-order chi connectivity index (χ0) is 46.3. The fraction of sp³-hybridized carbons (Fsp3) is 0.690. The molecular formula is C42H69F3N4O9. The van der Waals surface area contributed by atoms with Gasteiger partial charge in [0.15, 0.2) is 17.5 Å². The lowest BCUT2D eigenvalue weighted by molar-refractivity contribution is -0.385. The van der Waals surface area contributed by atoms with Crippen LogP contribution in [0.15, 0.2) is 36.4 Å². The van der Waals surface area contributed by atoms with Gasteiger partial charge in [0.2, 0.25) is 0 Å². The number of nitro groups is 2. The van der Waals surface area contributed by atoms with Crippen LogP contribution in [0, 0.1) is 37.7 Å². The van der Waals surface area contributed by atoms with E-state index in [0.717, 1.165) is 12.1 Å². The Labute approximate surface area is 343 Å². The van der Waals surface area contributed by atoms with Gasteiger partial charge in [0.05, 0.1) is 67.8 Å².